The van der Waals surface area contributed by atoms with Crippen molar-refractivity contribution in [3.8, 4) is 11.3 Å². The van der Waals surface area contributed by atoms with Gasteiger partial charge in [-0.2, -0.15) is 4.98 Å². The van der Waals surface area contributed by atoms with Crippen LogP contribution >= 0.6 is 11.6 Å². The van der Waals surface area contributed by atoms with Gasteiger partial charge in [0.15, 0.2) is 0 Å². The molecule has 0 spiro atoms. The van der Waals surface area contributed by atoms with Gasteiger partial charge >= 0.3 is 0 Å². The Kier molecular flexibility index (Phi) is 7.18. The highest BCUT2D eigenvalue weighted by Crippen LogP contribution is 2.28. The van der Waals surface area contributed by atoms with E-state index in [1.54, 1.807) is 36.5 Å². The van der Waals surface area contributed by atoms with E-state index in [1.165, 1.54) is 16.9 Å². The molecule has 0 saturated carbocycles. The fourth-order valence-electron chi connectivity index (χ4n) is 4.33. The van der Waals surface area contributed by atoms with E-state index in [2.05, 4.69) is 25.6 Å². The highest BCUT2D eigenvalue weighted by Gasteiger charge is 2.18. The first-order valence-electron chi connectivity index (χ1n) is 11.8. The first-order chi connectivity index (χ1) is 17.9. The van der Waals surface area contributed by atoms with E-state index in [0.29, 0.717) is 34.0 Å². The van der Waals surface area contributed by atoms with Gasteiger partial charge in [-0.3, -0.25) is 13.6 Å². The van der Waals surface area contributed by atoms with Gasteiger partial charge in [-0.1, -0.05) is 11.6 Å². The normalized spacial score (nSPS) is 14.6. The van der Waals surface area contributed by atoms with E-state index < -0.39 is 10.8 Å². The Morgan fingerprint density at radius 1 is 1.16 bits per heavy atom. The Hall–Kier alpha value is -3.41. The third-order valence-corrected chi connectivity index (χ3v) is 7.30. The third kappa shape index (κ3) is 5.07. The van der Waals surface area contributed by atoms with Crippen LogP contribution in [-0.2, 0) is 17.3 Å². The van der Waals surface area contributed by atoms with Gasteiger partial charge in [0.25, 0.3) is 5.56 Å². The number of halogens is 2. The minimum absolute atomic E-state index is 0.232. The van der Waals surface area contributed by atoms with Crippen molar-refractivity contribution >= 4 is 50.8 Å². The number of piperazine rings is 1. The summed E-state index contributed by atoms with van der Waals surface area (Å²) >= 11 is 6.36. The molecule has 1 aromatic carbocycles. The number of hydrogen-bond donors (Lipinski definition) is 2. The van der Waals surface area contributed by atoms with E-state index in [9.17, 15) is 13.4 Å². The standard InChI is InChI=1S/C25H25ClFN7O2S/c1-3-34-23-15(12-17(24(34)35)22-18(26)5-7-21(31-22)37(2)36)14-29-25(32-23)30-16-4-6-20(19(27)13-16)33-10-8-28-9-11-33/h4-7,12-14,28H,3,8-11H2,1-2H3,(H,29,30,32). The maximum atomic E-state index is 14.9. The summed E-state index contributed by atoms with van der Waals surface area (Å²) in [4.78, 5) is 28.7. The largest absolute Gasteiger partial charge is 0.367 e. The Balaban J connectivity index is 1.50. The summed E-state index contributed by atoms with van der Waals surface area (Å²) in [5, 5.41) is 7.50. The SMILES string of the molecule is CCn1c(=O)c(-c2nc(S(C)=O)ccc2Cl)cc2cnc(Nc3ccc(N4CCNCC4)c(F)c3)nc21. The Bertz CT molecular complexity index is 1570. The zero-order valence-electron chi connectivity index (χ0n) is 20.3. The molecule has 37 heavy (non-hydrogen) atoms. The smallest absolute Gasteiger partial charge is 0.261 e. The Morgan fingerprint density at radius 3 is 2.65 bits per heavy atom. The van der Waals surface area contributed by atoms with Gasteiger partial charge in [0.05, 0.1) is 32.8 Å². The van der Waals surface area contributed by atoms with Crippen LogP contribution in [0.25, 0.3) is 22.3 Å². The molecule has 9 nitrogen and oxygen atoms in total. The summed E-state index contributed by atoms with van der Waals surface area (Å²) in [5.41, 5.74) is 1.66. The van der Waals surface area contributed by atoms with Crippen LogP contribution in [0.15, 0.2) is 52.4 Å². The van der Waals surface area contributed by atoms with Crippen molar-refractivity contribution in [1.29, 1.82) is 0 Å². The predicted molar refractivity (Wildman–Crippen MR) is 145 cm³/mol. The Morgan fingerprint density at radius 2 is 1.95 bits per heavy atom. The Labute approximate surface area is 220 Å². The summed E-state index contributed by atoms with van der Waals surface area (Å²) < 4.78 is 28.3. The lowest BCUT2D eigenvalue weighted by atomic mass is 10.1. The fraction of sp³-hybridized carbons (Fsp3) is 0.280. The topological polar surface area (TPSA) is 105 Å². The number of rotatable bonds is 6. The number of hydrogen-bond acceptors (Lipinski definition) is 8. The molecule has 1 saturated heterocycles. The van der Waals surface area contributed by atoms with Crippen molar-refractivity contribution in [2.24, 2.45) is 0 Å². The molecular formula is C25H25ClFN7O2S. The first-order valence-corrected chi connectivity index (χ1v) is 13.7. The molecule has 0 bridgehead atoms. The van der Waals surface area contributed by atoms with E-state index >= 15 is 0 Å². The molecule has 4 aromatic rings. The van der Waals surface area contributed by atoms with Crippen LogP contribution < -0.4 is 21.1 Å². The molecule has 3 aromatic heterocycles. The zero-order chi connectivity index (χ0) is 26.1. The lowest BCUT2D eigenvalue weighted by Crippen LogP contribution is -2.43. The predicted octanol–water partition coefficient (Wildman–Crippen LogP) is 3.56. The van der Waals surface area contributed by atoms with Crippen LogP contribution in [0.2, 0.25) is 5.02 Å². The lowest BCUT2D eigenvalue weighted by Gasteiger charge is -2.29. The number of aromatic nitrogens is 4. The van der Waals surface area contributed by atoms with Gasteiger partial charge in [-0.05, 0) is 43.3 Å². The maximum absolute atomic E-state index is 14.9. The molecule has 0 radical (unpaired) electrons. The number of pyridine rings is 2. The first kappa shape index (κ1) is 25.2. The van der Waals surface area contributed by atoms with E-state index in [0.717, 1.165) is 26.2 Å². The average Bonchev–Trinajstić information content (AvgIpc) is 2.89. The van der Waals surface area contributed by atoms with E-state index in [4.69, 9.17) is 11.6 Å². The minimum atomic E-state index is -1.33. The molecular weight excluding hydrogens is 517 g/mol. The molecule has 2 N–H and O–H groups in total. The monoisotopic (exact) mass is 541 g/mol. The van der Waals surface area contributed by atoms with Crippen LogP contribution in [0.4, 0.5) is 21.7 Å². The highest BCUT2D eigenvalue weighted by atomic mass is 35.5. The number of anilines is 3. The van der Waals surface area contributed by atoms with Gasteiger partial charge in [0.2, 0.25) is 5.95 Å². The number of nitrogens with zero attached hydrogens (tertiary/aromatic N) is 5. The highest BCUT2D eigenvalue weighted by molar-refractivity contribution is 7.84. The summed E-state index contributed by atoms with van der Waals surface area (Å²) in [5.74, 6) is -0.0990. The van der Waals surface area contributed by atoms with Crippen LogP contribution in [0, 0.1) is 5.82 Å². The van der Waals surface area contributed by atoms with Crippen molar-refractivity contribution < 1.29 is 8.60 Å². The molecule has 192 valence electrons. The van der Waals surface area contributed by atoms with Crippen molar-refractivity contribution in [2.45, 2.75) is 18.5 Å². The molecule has 12 heteroatoms. The number of nitrogens with one attached hydrogen (secondary N) is 2. The molecule has 1 aliphatic rings. The average molecular weight is 542 g/mol. The van der Waals surface area contributed by atoms with Gasteiger partial charge in [-0.25, -0.2) is 14.4 Å². The lowest BCUT2D eigenvalue weighted by molar-refractivity contribution is 0.566. The molecule has 1 fully saturated rings. The molecule has 5 rings (SSSR count). The summed E-state index contributed by atoms with van der Waals surface area (Å²) in [6, 6.07) is 9.72. The second kappa shape index (κ2) is 10.5. The molecule has 1 aliphatic heterocycles. The van der Waals surface area contributed by atoms with Gasteiger partial charge in [0, 0.05) is 56.3 Å². The number of fused-ring (bicyclic) bond motifs is 1. The zero-order valence-corrected chi connectivity index (χ0v) is 21.9. The molecule has 0 amide bonds. The summed E-state index contributed by atoms with van der Waals surface area (Å²) in [6.45, 7) is 5.29. The van der Waals surface area contributed by atoms with Crippen LogP contribution in [-0.4, -0.2) is 56.2 Å². The maximum Gasteiger partial charge on any atom is 0.261 e. The number of aryl methyl sites for hydroxylation is 1. The van der Waals surface area contributed by atoms with E-state index in [1.807, 2.05) is 11.8 Å². The van der Waals surface area contributed by atoms with Crippen LogP contribution in [0.1, 0.15) is 6.92 Å². The quantitative estimate of drug-likeness (QED) is 0.382. The van der Waals surface area contributed by atoms with Crippen LogP contribution in [0.5, 0.6) is 0 Å². The van der Waals surface area contributed by atoms with Gasteiger partial charge in [0.1, 0.15) is 16.5 Å². The second-order valence-electron chi connectivity index (χ2n) is 8.54. The van der Waals surface area contributed by atoms with Crippen LogP contribution in [0.3, 0.4) is 0 Å². The summed E-state index contributed by atoms with van der Waals surface area (Å²) in [7, 11) is -1.33. The molecule has 1 atom stereocenters. The van der Waals surface area contributed by atoms with Crippen molar-refractivity contribution in [3.63, 3.8) is 0 Å². The van der Waals surface area contributed by atoms with Gasteiger partial charge < -0.3 is 15.5 Å². The van der Waals surface area contributed by atoms with E-state index in [-0.39, 0.29) is 33.6 Å². The molecule has 1 unspecified atom stereocenters. The minimum Gasteiger partial charge on any atom is -0.367 e. The second-order valence-corrected chi connectivity index (χ2v) is 10.3. The molecule has 4 heterocycles. The van der Waals surface area contributed by atoms with Crippen molar-refractivity contribution in [3.05, 3.63) is 63.8 Å². The van der Waals surface area contributed by atoms with Crippen molar-refractivity contribution in [2.75, 3.05) is 42.7 Å². The summed E-state index contributed by atoms with van der Waals surface area (Å²) in [6.07, 6.45) is 3.10. The van der Waals surface area contributed by atoms with Gasteiger partial charge in [-0.15, -0.1) is 0 Å². The van der Waals surface area contributed by atoms with Crippen molar-refractivity contribution in [1.82, 2.24) is 24.8 Å². The third-order valence-electron chi connectivity index (χ3n) is 6.17. The fourth-order valence-corrected chi connectivity index (χ4v) is 5.02. The molecule has 0 aliphatic carbocycles. The number of benzene rings is 1.